The van der Waals surface area contributed by atoms with Crippen molar-refractivity contribution in [2.24, 2.45) is 0 Å². The van der Waals surface area contributed by atoms with Gasteiger partial charge in [0.15, 0.2) is 0 Å². The van der Waals surface area contributed by atoms with Crippen LogP contribution in [0.15, 0.2) is 102 Å². The van der Waals surface area contributed by atoms with Gasteiger partial charge in [0, 0.05) is 86.6 Å². The van der Waals surface area contributed by atoms with Crippen LogP contribution in [0.25, 0.3) is 48.7 Å². The van der Waals surface area contributed by atoms with E-state index in [2.05, 4.69) is 34.9 Å². The summed E-state index contributed by atoms with van der Waals surface area (Å²) in [5, 5.41) is 46.5. The number of carbonyl (C=O) groups excluding carboxylic acids is 2. The molecule has 1 aliphatic rings. The van der Waals surface area contributed by atoms with E-state index in [0.29, 0.717) is 28.1 Å². The summed E-state index contributed by atoms with van der Waals surface area (Å²) in [6.45, 7) is 2.83. The number of hydrogen-bond acceptors (Lipinski definition) is 7. The zero-order valence-corrected chi connectivity index (χ0v) is 29.7. The average molecular weight is 685 g/mol. The molecule has 0 fully saturated rings. The lowest BCUT2D eigenvalue weighted by Crippen LogP contribution is -2.25. The summed E-state index contributed by atoms with van der Waals surface area (Å²) in [7, 11) is 7.68. The van der Waals surface area contributed by atoms with Crippen molar-refractivity contribution in [2.45, 2.75) is 19.8 Å². The van der Waals surface area contributed by atoms with Crippen LogP contribution in [0.2, 0.25) is 0 Å². The molecule has 0 aliphatic heterocycles. The Bertz CT molecular complexity index is 2680. The smallest absolute Gasteiger partial charge is 0.221 e. The van der Waals surface area contributed by atoms with Gasteiger partial charge in [-0.2, -0.15) is 10.5 Å². The van der Waals surface area contributed by atoms with Crippen molar-refractivity contribution < 1.29 is 14.7 Å². The molecule has 0 spiro atoms. The highest BCUT2D eigenvalue weighted by molar-refractivity contribution is 6.17. The Hall–Kier alpha value is -6.84. The molecule has 0 aromatic heterocycles. The number of allylic oxidation sites excluding steroid dienone is 3. The maximum Gasteiger partial charge on any atom is 0.221 e. The summed E-state index contributed by atoms with van der Waals surface area (Å²) >= 11 is 0. The molecule has 6 aromatic carbocycles. The number of nitrogens with one attached hydrogen (secondary N) is 2. The number of amides is 2. The molecule has 3 N–H and O–H groups in total. The van der Waals surface area contributed by atoms with Crippen LogP contribution >= 0.6 is 0 Å². The van der Waals surface area contributed by atoms with E-state index in [0.717, 1.165) is 54.5 Å². The van der Waals surface area contributed by atoms with E-state index in [-0.39, 0.29) is 28.7 Å². The van der Waals surface area contributed by atoms with Crippen molar-refractivity contribution in [3.8, 4) is 12.1 Å². The summed E-state index contributed by atoms with van der Waals surface area (Å²) in [4.78, 5) is 29.4. The first-order chi connectivity index (χ1) is 24.9. The predicted octanol–water partition coefficient (Wildman–Crippen LogP) is 8.76. The molecule has 6 aromatic rings. The number of rotatable bonds is 6. The number of nitrogens with zero attached hydrogens (tertiary/aromatic N) is 4. The SMILES string of the molecule is CC(=O)Nc1cc(N(C)C)c2cc3ccccc3cc2c1C1=C(O)C(c2c(NC(C)=O)cc(N(C)C)c3cc4ccccc4cc23)C1=C(C#N)C#N. The van der Waals surface area contributed by atoms with Crippen molar-refractivity contribution in [2.75, 3.05) is 48.6 Å². The standard InChI is InChI=1S/C43H36N6O3/c1-23(50)46-34-19-36(48(3)4)30-15-25-11-7-9-13-27(25)17-32(30)39(34)41-38(29(21-44)22-45)42(43(41)52)40-33-18-28-14-10-8-12-26(28)16-31(33)37(49(5)6)20-35(40)47-24(2)51/h7-20,41,52H,1-6H3,(H,46,50)(H,47,51). The van der Waals surface area contributed by atoms with Crippen LogP contribution < -0.4 is 20.4 Å². The largest absolute Gasteiger partial charge is 0.511 e. The van der Waals surface area contributed by atoms with E-state index in [1.54, 1.807) is 0 Å². The Morgan fingerprint density at radius 3 is 1.54 bits per heavy atom. The van der Waals surface area contributed by atoms with E-state index in [1.807, 2.05) is 111 Å². The van der Waals surface area contributed by atoms with E-state index >= 15 is 0 Å². The second kappa shape index (κ2) is 12.8. The first-order valence-corrected chi connectivity index (χ1v) is 16.8. The second-order valence-electron chi connectivity index (χ2n) is 13.5. The Balaban J connectivity index is 1.65. The highest BCUT2D eigenvalue weighted by atomic mass is 16.3. The number of benzene rings is 6. The summed E-state index contributed by atoms with van der Waals surface area (Å²) < 4.78 is 0. The van der Waals surface area contributed by atoms with Gasteiger partial charge >= 0.3 is 0 Å². The maximum absolute atomic E-state index is 12.7. The molecular formula is C43H36N6O3. The van der Waals surface area contributed by atoms with Gasteiger partial charge in [-0.05, 0) is 74.3 Å². The molecule has 0 radical (unpaired) electrons. The minimum absolute atomic E-state index is 0.0877. The molecule has 52 heavy (non-hydrogen) atoms. The second-order valence-corrected chi connectivity index (χ2v) is 13.5. The molecule has 0 bridgehead atoms. The molecule has 0 saturated carbocycles. The lowest BCUT2D eigenvalue weighted by atomic mass is 9.67. The molecule has 0 saturated heterocycles. The fourth-order valence-electron chi connectivity index (χ4n) is 7.55. The zero-order valence-electron chi connectivity index (χ0n) is 29.7. The first-order valence-electron chi connectivity index (χ1n) is 16.8. The molecule has 1 aliphatic carbocycles. The van der Waals surface area contributed by atoms with E-state index < -0.39 is 5.92 Å². The number of aliphatic hydroxyl groups is 1. The normalized spacial score (nSPS) is 13.8. The third kappa shape index (κ3) is 5.40. The van der Waals surface area contributed by atoms with Gasteiger partial charge in [0.25, 0.3) is 0 Å². The van der Waals surface area contributed by atoms with Gasteiger partial charge in [0.1, 0.15) is 23.5 Å². The van der Waals surface area contributed by atoms with Crippen LogP contribution in [-0.4, -0.2) is 45.1 Å². The van der Waals surface area contributed by atoms with Crippen molar-refractivity contribution in [1.29, 1.82) is 10.5 Å². The highest BCUT2D eigenvalue weighted by Crippen LogP contribution is 2.59. The zero-order chi connectivity index (χ0) is 37.0. The summed E-state index contributed by atoms with van der Waals surface area (Å²) in [6, 6.07) is 32.0. The number of nitriles is 2. The van der Waals surface area contributed by atoms with E-state index in [1.165, 1.54) is 13.8 Å². The fourth-order valence-corrected chi connectivity index (χ4v) is 7.55. The third-order valence-corrected chi connectivity index (χ3v) is 9.71. The molecule has 2 amide bonds. The van der Waals surface area contributed by atoms with Gasteiger partial charge in [0.05, 0.1) is 11.6 Å². The number of hydrogen-bond donors (Lipinski definition) is 3. The average Bonchev–Trinajstić information content (AvgIpc) is 3.11. The van der Waals surface area contributed by atoms with Crippen LogP contribution in [0, 0.1) is 22.7 Å². The van der Waals surface area contributed by atoms with Gasteiger partial charge in [-0.15, -0.1) is 0 Å². The lowest BCUT2D eigenvalue weighted by Gasteiger charge is -2.37. The molecule has 256 valence electrons. The molecule has 9 heteroatoms. The van der Waals surface area contributed by atoms with Crippen LogP contribution in [0.1, 0.15) is 30.9 Å². The maximum atomic E-state index is 12.7. The van der Waals surface area contributed by atoms with E-state index in [9.17, 15) is 25.2 Å². The van der Waals surface area contributed by atoms with Crippen LogP contribution in [0.5, 0.6) is 0 Å². The first kappa shape index (κ1) is 33.6. The minimum atomic E-state index is -0.958. The van der Waals surface area contributed by atoms with Crippen LogP contribution in [-0.2, 0) is 9.59 Å². The van der Waals surface area contributed by atoms with Gasteiger partial charge in [0.2, 0.25) is 11.8 Å². The van der Waals surface area contributed by atoms with Crippen molar-refractivity contribution in [3.63, 3.8) is 0 Å². The van der Waals surface area contributed by atoms with Gasteiger partial charge < -0.3 is 25.5 Å². The van der Waals surface area contributed by atoms with Crippen molar-refractivity contribution in [3.05, 3.63) is 113 Å². The molecule has 1 atom stereocenters. The summed E-state index contributed by atoms with van der Waals surface area (Å²) in [5.74, 6) is -1.68. The van der Waals surface area contributed by atoms with Gasteiger partial charge in [-0.25, -0.2) is 0 Å². The van der Waals surface area contributed by atoms with E-state index in [4.69, 9.17) is 0 Å². The number of carbonyl (C=O) groups is 2. The van der Waals surface area contributed by atoms with Crippen LogP contribution in [0.4, 0.5) is 22.7 Å². The molecule has 1 unspecified atom stereocenters. The third-order valence-electron chi connectivity index (χ3n) is 9.71. The van der Waals surface area contributed by atoms with Gasteiger partial charge in [-0.1, -0.05) is 48.5 Å². The van der Waals surface area contributed by atoms with Crippen molar-refractivity contribution in [1.82, 2.24) is 0 Å². The Kier molecular flexibility index (Phi) is 8.28. The number of aliphatic hydroxyl groups excluding tert-OH is 1. The molecule has 7 rings (SSSR count). The summed E-state index contributed by atoms with van der Waals surface area (Å²) in [5.41, 5.74) is 4.01. The topological polar surface area (TPSA) is 132 Å². The Morgan fingerprint density at radius 2 is 1.08 bits per heavy atom. The molecule has 0 heterocycles. The monoisotopic (exact) mass is 684 g/mol. The summed E-state index contributed by atoms with van der Waals surface area (Å²) in [6.07, 6.45) is 0. The Morgan fingerprint density at radius 1 is 0.654 bits per heavy atom. The quantitative estimate of drug-likeness (QED) is 0.118. The number of anilines is 4. The fraction of sp³-hybridized carbons (Fsp3) is 0.163. The predicted molar refractivity (Wildman–Crippen MR) is 211 cm³/mol. The van der Waals surface area contributed by atoms with Crippen LogP contribution in [0.3, 0.4) is 0 Å². The Labute approximate surface area is 301 Å². The molecular weight excluding hydrogens is 649 g/mol. The van der Waals surface area contributed by atoms with Crippen molar-refractivity contribution >= 4 is 83.2 Å². The number of fused-ring (bicyclic) bond motifs is 4. The molecule has 9 nitrogen and oxygen atoms in total. The van der Waals surface area contributed by atoms with Gasteiger partial charge in [-0.3, -0.25) is 9.59 Å². The minimum Gasteiger partial charge on any atom is -0.511 e. The lowest BCUT2D eigenvalue weighted by molar-refractivity contribution is -0.115. The highest BCUT2D eigenvalue weighted by Gasteiger charge is 2.44.